The highest BCUT2D eigenvalue weighted by atomic mass is 35.5. The number of nitrogens with two attached hydrogens (primary N) is 1. The van der Waals surface area contributed by atoms with Crippen molar-refractivity contribution in [1.29, 1.82) is 0 Å². The lowest BCUT2D eigenvalue weighted by Crippen LogP contribution is -2.35. The van der Waals surface area contributed by atoms with E-state index in [1.54, 1.807) is 12.1 Å². The van der Waals surface area contributed by atoms with E-state index in [2.05, 4.69) is 10.6 Å². The van der Waals surface area contributed by atoms with Crippen molar-refractivity contribution in [1.82, 2.24) is 5.32 Å². The van der Waals surface area contributed by atoms with Gasteiger partial charge in [-0.3, -0.25) is 9.59 Å². The second-order valence-electron chi connectivity index (χ2n) is 6.80. The molecular formula is C21H26ClN3O3. The highest BCUT2D eigenvalue weighted by Crippen LogP contribution is 2.19. The van der Waals surface area contributed by atoms with E-state index in [0.29, 0.717) is 30.8 Å². The Labute approximate surface area is 171 Å². The standard InChI is InChI=1S/C21H25N3O3.ClH/c1-14-5-7-16(8-6-14)20(25)24-17-4-2-3-15(11-17)13-23-21(26)19-10-9-18(12-22)27-19;/h2-8,11,18-19H,9-10,12-13,22H2,1H3,(H,23,26)(H,24,25);1H/t18-,19+;/m1./s1. The minimum atomic E-state index is -0.428. The molecule has 2 atom stereocenters. The summed E-state index contributed by atoms with van der Waals surface area (Å²) in [4.78, 5) is 24.5. The zero-order valence-electron chi connectivity index (χ0n) is 15.8. The lowest BCUT2D eigenvalue weighted by Gasteiger charge is -2.13. The molecule has 6 nitrogen and oxygen atoms in total. The predicted molar refractivity (Wildman–Crippen MR) is 112 cm³/mol. The zero-order valence-corrected chi connectivity index (χ0v) is 16.6. The van der Waals surface area contributed by atoms with Gasteiger partial charge in [0.25, 0.3) is 5.91 Å². The molecule has 28 heavy (non-hydrogen) atoms. The Morgan fingerprint density at radius 2 is 1.89 bits per heavy atom. The molecule has 2 aromatic carbocycles. The van der Waals surface area contributed by atoms with E-state index in [4.69, 9.17) is 10.5 Å². The number of ether oxygens (including phenoxy) is 1. The fourth-order valence-corrected chi connectivity index (χ4v) is 3.04. The first kappa shape index (κ1) is 21.9. The van der Waals surface area contributed by atoms with Crippen LogP contribution in [0, 0.1) is 6.92 Å². The molecule has 1 saturated heterocycles. The van der Waals surface area contributed by atoms with Crippen molar-refractivity contribution in [3.05, 3.63) is 65.2 Å². The average molecular weight is 404 g/mol. The normalized spacial score (nSPS) is 18.2. The minimum Gasteiger partial charge on any atom is -0.364 e. The molecule has 1 fully saturated rings. The minimum absolute atomic E-state index is 0. The number of amides is 2. The Morgan fingerprint density at radius 1 is 1.14 bits per heavy atom. The van der Waals surface area contributed by atoms with Crippen LogP contribution in [0.1, 0.15) is 34.3 Å². The molecule has 7 heteroatoms. The lowest BCUT2D eigenvalue weighted by molar-refractivity contribution is -0.132. The van der Waals surface area contributed by atoms with Crippen LogP contribution in [0.5, 0.6) is 0 Å². The van der Waals surface area contributed by atoms with E-state index < -0.39 is 6.10 Å². The molecule has 1 heterocycles. The first-order valence-corrected chi connectivity index (χ1v) is 9.15. The van der Waals surface area contributed by atoms with Gasteiger partial charge in [-0.1, -0.05) is 29.8 Å². The number of hydrogen-bond acceptors (Lipinski definition) is 4. The molecule has 0 unspecified atom stereocenters. The SMILES string of the molecule is Cc1ccc(C(=O)Nc2cccc(CNC(=O)[C@@H]3CC[C@H](CN)O3)c2)cc1.Cl. The Bertz CT molecular complexity index is 811. The molecule has 4 N–H and O–H groups in total. The van der Waals surface area contributed by atoms with Gasteiger partial charge in [-0.05, 0) is 49.6 Å². The van der Waals surface area contributed by atoms with E-state index in [-0.39, 0.29) is 30.3 Å². The van der Waals surface area contributed by atoms with E-state index in [9.17, 15) is 9.59 Å². The number of halogens is 1. The van der Waals surface area contributed by atoms with Gasteiger partial charge >= 0.3 is 0 Å². The van der Waals surface area contributed by atoms with Crippen molar-refractivity contribution in [3.8, 4) is 0 Å². The summed E-state index contributed by atoms with van der Waals surface area (Å²) in [5.74, 6) is -0.289. The number of carbonyl (C=O) groups excluding carboxylic acids is 2. The van der Waals surface area contributed by atoms with Crippen LogP contribution in [-0.2, 0) is 16.1 Å². The lowest BCUT2D eigenvalue weighted by atomic mass is 10.1. The quantitative estimate of drug-likeness (QED) is 0.691. The maximum absolute atomic E-state index is 12.3. The molecule has 0 aliphatic carbocycles. The van der Waals surface area contributed by atoms with Gasteiger partial charge in [-0.2, -0.15) is 0 Å². The third-order valence-corrected chi connectivity index (χ3v) is 4.63. The van der Waals surface area contributed by atoms with Crippen LogP contribution >= 0.6 is 12.4 Å². The topological polar surface area (TPSA) is 93.5 Å². The molecule has 150 valence electrons. The molecular weight excluding hydrogens is 378 g/mol. The third-order valence-electron chi connectivity index (χ3n) is 4.63. The molecule has 1 aliphatic rings. The highest BCUT2D eigenvalue weighted by molar-refractivity contribution is 6.04. The largest absolute Gasteiger partial charge is 0.364 e. The Balaban J connectivity index is 0.00000280. The summed E-state index contributed by atoms with van der Waals surface area (Å²) in [6, 6.07) is 14.8. The van der Waals surface area contributed by atoms with Gasteiger partial charge in [-0.15, -0.1) is 12.4 Å². The summed E-state index contributed by atoms with van der Waals surface area (Å²) >= 11 is 0. The number of anilines is 1. The first-order valence-electron chi connectivity index (χ1n) is 9.15. The van der Waals surface area contributed by atoms with Crippen molar-refractivity contribution in [2.75, 3.05) is 11.9 Å². The number of benzene rings is 2. The van der Waals surface area contributed by atoms with Crippen LogP contribution in [0.25, 0.3) is 0 Å². The van der Waals surface area contributed by atoms with Crippen LogP contribution in [0.4, 0.5) is 5.69 Å². The molecule has 0 aromatic heterocycles. The summed E-state index contributed by atoms with van der Waals surface area (Å²) < 4.78 is 5.60. The average Bonchev–Trinajstić information content (AvgIpc) is 3.16. The van der Waals surface area contributed by atoms with Crippen molar-refractivity contribution >= 4 is 29.9 Å². The Morgan fingerprint density at radius 3 is 2.57 bits per heavy atom. The second-order valence-corrected chi connectivity index (χ2v) is 6.80. The molecule has 0 spiro atoms. The number of carbonyl (C=O) groups is 2. The fourth-order valence-electron chi connectivity index (χ4n) is 3.04. The summed E-state index contributed by atoms with van der Waals surface area (Å²) in [6.07, 6.45) is 1.05. The molecule has 1 aliphatic heterocycles. The van der Waals surface area contributed by atoms with Crippen molar-refractivity contribution in [3.63, 3.8) is 0 Å². The molecule has 2 aromatic rings. The van der Waals surface area contributed by atoms with Gasteiger partial charge in [0.2, 0.25) is 5.91 Å². The summed E-state index contributed by atoms with van der Waals surface area (Å²) in [6.45, 7) is 2.79. The number of aryl methyl sites for hydroxylation is 1. The van der Waals surface area contributed by atoms with Crippen LogP contribution < -0.4 is 16.4 Å². The molecule has 0 radical (unpaired) electrons. The van der Waals surface area contributed by atoms with Gasteiger partial charge in [0.05, 0.1) is 6.10 Å². The molecule has 0 saturated carbocycles. The molecule has 2 amide bonds. The van der Waals surface area contributed by atoms with E-state index in [1.165, 1.54) is 0 Å². The van der Waals surface area contributed by atoms with E-state index >= 15 is 0 Å². The number of hydrogen-bond donors (Lipinski definition) is 3. The summed E-state index contributed by atoms with van der Waals surface area (Å²) in [7, 11) is 0. The van der Waals surface area contributed by atoms with Gasteiger partial charge in [0, 0.05) is 24.3 Å². The number of nitrogens with one attached hydrogen (secondary N) is 2. The van der Waals surface area contributed by atoms with Gasteiger partial charge in [0.15, 0.2) is 0 Å². The first-order chi connectivity index (χ1) is 13.0. The maximum atomic E-state index is 12.3. The maximum Gasteiger partial charge on any atom is 0.255 e. The van der Waals surface area contributed by atoms with Crippen molar-refractivity contribution in [2.45, 2.75) is 38.5 Å². The zero-order chi connectivity index (χ0) is 19.2. The van der Waals surface area contributed by atoms with Crippen LogP contribution in [0.15, 0.2) is 48.5 Å². The van der Waals surface area contributed by atoms with Crippen molar-refractivity contribution < 1.29 is 14.3 Å². The number of rotatable bonds is 6. The predicted octanol–water partition coefficient (Wildman–Crippen LogP) is 2.79. The second kappa shape index (κ2) is 10.2. The summed E-state index contributed by atoms with van der Waals surface area (Å²) in [5.41, 5.74) is 8.87. The van der Waals surface area contributed by atoms with Crippen molar-refractivity contribution in [2.24, 2.45) is 5.73 Å². The molecule has 3 rings (SSSR count). The van der Waals surface area contributed by atoms with Gasteiger partial charge < -0.3 is 21.1 Å². The Hall–Kier alpha value is -2.41. The Kier molecular flexibility index (Phi) is 7.99. The van der Waals surface area contributed by atoms with Crippen LogP contribution in [0.3, 0.4) is 0 Å². The molecule has 0 bridgehead atoms. The van der Waals surface area contributed by atoms with Gasteiger partial charge in [-0.25, -0.2) is 0 Å². The van der Waals surface area contributed by atoms with E-state index in [0.717, 1.165) is 17.5 Å². The fraction of sp³-hybridized carbons (Fsp3) is 0.333. The van der Waals surface area contributed by atoms with Gasteiger partial charge in [0.1, 0.15) is 6.10 Å². The summed E-state index contributed by atoms with van der Waals surface area (Å²) in [5, 5.41) is 5.77. The van der Waals surface area contributed by atoms with Crippen LogP contribution in [0.2, 0.25) is 0 Å². The third kappa shape index (κ3) is 5.79. The van der Waals surface area contributed by atoms with E-state index in [1.807, 2.05) is 43.3 Å². The smallest absolute Gasteiger partial charge is 0.255 e. The van der Waals surface area contributed by atoms with Crippen LogP contribution in [-0.4, -0.2) is 30.6 Å². The monoisotopic (exact) mass is 403 g/mol. The highest BCUT2D eigenvalue weighted by Gasteiger charge is 2.29.